The molecule has 80 valence electrons. The van der Waals surface area contributed by atoms with Crippen LogP contribution in [-0.4, -0.2) is 5.97 Å². The summed E-state index contributed by atoms with van der Waals surface area (Å²) in [5, 5.41) is 0. The summed E-state index contributed by atoms with van der Waals surface area (Å²) in [6.45, 7) is 0. The zero-order valence-electron chi connectivity index (χ0n) is 8.25. The Morgan fingerprint density at radius 3 is 2.81 bits per heavy atom. The lowest BCUT2D eigenvalue weighted by Gasteiger charge is -2.22. The molecule has 16 heavy (non-hydrogen) atoms. The van der Waals surface area contributed by atoms with E-state index in [4.69, 9.17) is 9.15 Å². The maximum absolute atomic E-state index is 11.7. The summed E-state index contributed by atoms with van der Waals surface area (Å²) in [6, 6.07) is 11.0. The van der Waals surface area contributed by atoms with Crippen molar-refractivity contribution in [2.24, 2.45) is 0 Å². The van der Waals surface area contributed by atoms with Crippen molar-refractivity contribution in [3.05, 3.63) is 54.0 Å². The van der Waals surface area contributed by atoms with Crippen LogP contribution in [0.3, 0.4) is 0 Å². The van der Waals surface area contributed by atoms with Crippen LogP contribution in [0.2, 0.25) is 0 Å². The molecule has 0 fully saturated rings. The van der Waals surface area contributed by atoms with Crippen LogP contribution in [-0.2, 0) is 4.74 Å². The highest BCUT2D eigenvalue weighted by atomic mass is 32.2. The molecule has 0 aliphatic carbocycles. The number of esters is 1. The predicted octanol–water partition coefficient (Wildman–Crippen LogP) is 3.24. The van der Waals surface area contributed by atoms with Gasteiger partial charge in [-0.1, -0.05) is 23.9 Å². The molecular formula is C12H8O3S. The molecule has 0 saturated heterocycles. The van der Waals surface area contributed by atoms with Crippen molar-refractivity contribution in [2.75, 3.05) is 0 Å². The van der Waals surface area contributed by atoms with E-state index in [-0.39, 0.29) is 11.4 Å². The molecule has 0 bridgehead atoms. The van der Waals surface area contributed by atoms with E-state index in [2.05, 4.69) is 0 Å². The first-order valence-electron chi connectivity index (χ1n) is 4.84. The summed E-state index contributed by atoms with van der Waals surface area (Å²) < 4.78 is 10.5. The topological polar surface area (TPSA) is 39.4 Å². The van der Waals surface area contributed by atoms with Gasteiger partial charge in [-0.25, -0.2) is 4.79 Å². The maximum Gasteiger partial charge on any atom is 0.340 e. The first kappa shape index (κ1) is 9.54. The second-order valence-corrected chi connectivity index (χ2v) is 4.47. The lowest BCUT2D eigenvalue weighted by Crippen LogP contribution is -2.14. The molecule has 3 nitrogen and oxygen atoms in total. The monoisotopic (exact) mass is 232 g/mol. The van der Waals surface area contributed by atoms with Crippen molar-refractivity contribution in [1.29, 1.82) is 0 Å². The van der Waals surface area contributed by atoms with Crippen LogP contribution in [0, 0.1) is 0 Å². The van der Waals surface area contributed by atoms with Crippen LogP contribution >= 0.6 is 11.8 Å². The molecule has 4 heteroatoms. The summed E-state index contributed by atoms with van der Waals surface area (Å²) in [4.78, 5) is 12.6. The van der Waals surface area contributed by atoms with Crippen molar-refractivity contribution in [2.45, 2.75) is 10.3 Å². The smallest absolute Gasteiger partial charge is 0.340 e. The zero-order chi connectivity index (χ0) is 11.0. The number of carbonyl (C=O) groups is 1. The molecule has 3 rings (SSSR count). The van der Waals surface area contributed by atoms with Gasteiger partial charge in [0, 0.05) is 4.90 Å². The SMILES string of the molecule is O=C1OC(c2ccco2)Sc2ccccc21. The van der Waals surface area contributed by atoms with E-state index in [0.29, 0.717) is 11.3 Å². The van der Waals surface area contributed by atoms with Gasteiger partial charge in [-0.05, 0) is 24.3 Å². The number of furan rings is 1. The molecule has 1 aromatic heterocycles. The Hall–Kier alpha value is -1.68. The van der Waals surface area contributed by atoms with E-state index in [1.54, 1.807) is 24.5 Å². The predicted molar refractivity (Wildman–Crippen MR) is 59.2 cm³/mol. The van der Waals surface area contributed by atoms with Gasteiger partial charge in [-0.2, -0.15) is 0 Å². The van der Waals surface area contributed by atoms with Gasteiger partial charge in [-0.3, -0.25) is 0 Å². The molecule has 2 heterocycles. The van der Waals surface area contributed by atoms with Gasteiger partial charge in [0.1, 0.15) is 0 Å². The number of hydrogen-bond acceptors (Lipinski definition) is 4. The number of hydrogen-bond donors (Lipinski definition) is 0. The Morgan fingerprint density at radius 1 is 1.12 bits per heavy atom. The van der Waals surface area contributed by atoms with E-state index in [1.165, 1.54) is 11.8 Å². The third kappa shape index (κ3) is 1.51. The Kier molecular flexibility index (Phi) is 2.22. The number of cyclic esters (lactones) is 1. The summed E-state index contributed by atoms with van der Waals surface area (Å²) in [6.07, 6.45) is 1.57. The summed E-state index contributed by atoms with van der Waals surface area (Å²) in [5.74, 6) is 0.364. The number of ether oxygens (including phenoxy) is 1. The van der Waals surface area contributed by atoms with E-state index in [9.17, 15) is 4.79 Å². The molecule has 2 aromatic rings. The van der Waals surface area contributed by atoms with Crippen molar-refractivity contribution in [1.82, 2.24) is 0 Å². The fraction of sp³-hybridized carbons (Fsp3) is 0.0833. The van der Waals surface area contributed by atoms with Gasteiger partial charge in [0.15, 0.2) is 5.76 Å². The highest BCUT2D eigenvalue weighted by molar-refractivity contribution is 7.99. The average Bonchev–Trinajstić information content (AvgIpc) is 2.82. The van der Waals surface area contributed by atoms with E-state index >= 15 is 0 Å². The molecule has 0 N–H and O–H groups in total. The second-order valence-electron chi connectivity index (χ2n) is 3.37. The average molecular weight is 232 g/mol. The summed E-state index contributed by atoms with van der Waals surface area (Å²) in [7, 11) is 0. The fourth-order valence-corrected chi connectivity index (χ4v) is 2.63. The Bertz CT molecular complexity index is 519. The van der Waals surface area contributed by atoms with Crippen molar-refractivity contribution in [3.8, 4) is 0 Å². The van der Waals surface area contributed by atoms with Crippen LogP contribution in [0.25, 0.3) is 0 Å². The lowest BCUT2D eigenvalue weighted by atomic mass is 10.2. The molecule has 1 aromatic carbocycles. The number of carbonyl (C=O) groups excluding carboxylic acids is 1. The minimum absolute atomic E-state index is 0.296. The molecule has 0 saturated carbocycles. The van der Waals surface area contributed by atoms with E-state index in [0.717, 1.165) is 4.90 Å². The molecule has 0 spiro atoms. The third-order valence-electron chi connectivity index (χ3n) is 2.33. The molecule has 1 unspecified atom stereocenters. The third-order valence-corrected chi connectivity index (χ3v) is 3.48. The number of fused-ring (bicyclic) bond motifs is 1. The number of rotatable bonds is 1. The number of benzene rings is 1. The minimum atomic E-state index is -0.377. The quantitative estimate of drug-likeness (QED) is 0.707. The highest BCUT2D eigenvalue weighted by Gasteiger charge is 2.29. The first-order valence-corrected chi connectivity index (χ1v) is 5.72. The van der Waals surface area contributed by atoms with Gasteiger partial charge in [0.2, 0.25) is 5.44 Å². The number of thioether (sulfide) groups is 1. The summed E-state index contributed by atoms with van der Waals surface area (Å²) in [5.41, 5.74) is 0.243. The molecule has 1 atom stereocenters. The first-order chi connectivity index (χ1) is 7.84. The maximum atomic E-state index is 11.7. The van der Waals surface area contributed by atoms with Gasteiger partial charge in [-0.15, -0.1) is 0 Å². The Balaban J connectivity index is 1.98. The Morgan fingerprint density at radius 2 is 2.00 bits per heavy atom. The Labute approximate surface area is 96.4 Å². The molecular weight excluding hydrogens is 224 g/mol. The van der Waals surface area contributed by atoms with Crippen molar-refractivity contribution in [3.63, 3.8) is 0 Å². The van der Waals surface area contributed by atoms with E-state index in [1.807, 2.05) is 18.2 Å². The van der Waals surface area contributed by atoms with Crippen LogP contribution in [0.4, 0.5) is 0 Å². The molecule has 1 aliphatic heterocycles. The van der Waals surface area contributed by atoms with Gasteiger partial charge >= 0.3 is 5.97 Å². The molecule has 1 aliphatic rings. The van der Waals surface area contributed by atoms with Crippen LogP contribution in [0.5, 0.6) is 0 Å². The van der Waals surface area contributed by atoms with Crippen molar-refractivity contribution >= 4 is 17.7 Å². The summed E-state index contributed by atoms with van der Waals surface area (Å²) >= 11 is 1.48. The minimum Gasteiger partial charge on any atom is -0.464 e. The zero-order valence-corrected chi connectivity index (χ0v) is 9.07. The lowest BCUT2D eigenvalue weighted by molar-refractivity contribution is 0.0409. The van der Waals surface area contributed by atoms with Crippen LogP contribution in [0.15, 0.2) is 52.0 Å². The van der Waals surface area contributed by atoms with Gasteiger partial charge in [0.25, 0.3) is 0 Å². The molecule has 0 amide bonds. The van der Waals surface area contributed by atoms with Crippen molar-refractivity contribution < 1.29 is 13.9 Å². The van der Waals surface area contributed by atoms with Gasteiger partial charge < -0.3 is 9.15 Å². The fourth-order valence-electron chi connectivity index (χ4n) is 1.58. The normalized spacial score (nSPS) is 19.0. The standard InChI is InChI=1S/C12H8O3S/c13-11-8-4-1-2-6-10(8)16-12(15-11)9-5-3-7-14-9/h1-7,12H. The van der Waals surface area contributed by atoms with Crippen LogP contribution < -0.4 is 0 Å². The molecule has 0 radical (unpaired) electrons. The largest absolute Gasteiger partial charge is 0.464 e. The van der Waals surface area contributed by atoms with E-state index < -0.39 is 0 Å². The van der Waals surface area contributed by atoms with Gasteiger partial charge in [0.05, 0.1) is 11.8 Å². The second kappa shape index (κ2) is 3.72. The highest BCUT2D eigenvalue weighted by Crippen LogP contribution is 2.42. The van der Waals surface area contributed by atoms with Crippen LogP contribution in [0.1, 0.15) is 21.6 Å².